The Morgan fingerprint density at radius 3 is 2.69 bits per heavy atom. The summed E-state index contributed by atoms with van der Waals surface area (Å²) in [6.45, 7) is 0. The van der Waals surface area contributed by atoms with Gasteiger partial charge in [0.25, 0.3) is 0 Å². The average Bonchev–Trinajstić information content (AvgIpc) is 2.65. The van der Waals surface area contributed by atoms with Crippen LogP contribution in [0, 0.1) is 0 Å². The summed E-state index contributed by atoms with van der Waals surface area (Å²) in [5.41, 5.74) is 0.344. The van der Waals surface area contributed by atoms with E-state index in [9.17, 15) is 9.90 Å². The molecule has 16 heavy (non-hydrogen) atoms. The molecule has 2 nitrogen and oxygen atoms in total. The minimum Gasteiger partial charge on any atom is -0.507 e. The van der Waals surface area contributed by atoms with Crippen LogP contribution in [-0.4, -0.2) is 11.4 Å². The molecular formula is C13H8O2S. The molecule has 0 saturated carbocycles. The van der Waals surface area contributed by atoms with Gasteiger partial charge in [-0.2, -0.15) is 0 Å². The zero-order chi connectivity index (χ0) is 11.1. The van der Waals surface area contributed by atoms with Crippen molar-refractivity contribution >= 4 is 37.8 Å². The molecule has 3 aromatic rings. The molecule has 0 radical (unpaired) electrons. The van der Waals surface area contributed by atoms with Crippen LogP contribution in [0.3, 0.4) is 0 Å². The lowest BCUT2D eigenvalue weighted by Crippen LogP contribution is -1.79. The van der Waals surface area contributed by atoms with Gasteiger partial charge in [0.15, 0.2) is 6.29 Å². The summed E-state index contributed by atoms with van der Waals surface area (Å²) in [4.78, 5) is 10.8. The third kappa shape index (κ3) is 1.22. The van der Waals surface area contributed by atoms with Crippen molar-refractivity contribution in [1.82, 2.24) is 0 Å². The molecule has 0 saturated heterocycles. The van der Waals surface area contributed by atoms with Gasteiger partial charge in [0.05, 0.1) is 5.56 Å². The fourth-order valence-corrected chi connectivity index (χ4v) is 2.99. The van der Waals surface area contributed by atoms with Crippen LogP contribution < -0.4 is 0 Å². The van der Waals surface area contributed by atoms with Crippen molar-refractivity contribution in [2.45, 2.75) is 0 Å². The van der Waals surface area contributed by atoms with E-state index in [0.29, 0.717) is 11.8 Å². The van der Waals surface area contributed by atoms with Crippen LogP contribution in [0.5, 0.6) is 5.75 Å². The highest BCUT2D eigenvalue weighted by atomic mass is 32.1. The van der Waals surface area contributed by atoms with E-state index in [-0.39, 0.29) is 5.75 Å². The SMILES string of the molecule is O=Cc1cc2c(cc1O)sc1ccccc12. The van der Waals surface area contributed by atoms with E-state index in [2.05, 4.69) is 0 Å². The molecular weight excluding hydrogens is 220 g/mol. The number of aldehydes is 1. The lowest BCUT2D eigenvalue weighted by Gasteiger charge is -1.97. The summed E-state index contributed by atoms with van der Waals surface area (Å²) < 4.78 is 2.17. The normalized spacial score (nSPS) is 11.0. The Bertz CT molecular complexity index is 698. The van der Waals surface area contributed by atoms with Gasteiger partial charge in [-0.15, -0.1) is 11.3 Å². The van der Waals surface area contributed by atoms with E-state index in [1.54, 1.807) is 23.5 Å². The van der Waals surface area contributed by atoms with Crippen molar-refractivity contribution in [1.29, 1.82) is 0 Å². The monoisotopic (exact) mass is 228 g/mol. The molecule has 0 aliphatic carbocycles. The predicted octanol–water partition coefficient (Wildman–Crippen LogP) is 3.57. The van der Waals surface area contributed by atoms with Crippen LogP contribution in [0.15, 0.2) is 36.4 Å². The van der Waals surface area contributed by atoms with E-state index < -0.39 is 0 Å². The van der Waals surface area contributed by atoms with Crippen LogP contribution in [0.4, 0.5) is 0 Å². The van der Waals surface area contributed by atoms with Crippen molar-refractivity contribution in [3.05, 3.63) is 42.0 Å². The smallest absolute Gasteiger partial charge is 0.153 e. The molecule has 0 aliphatic heterocycles. The number of hydrogen-bond acceptors (Lipinski definition) is 3. The molecule has 0 atom stereocenters. The maximum Gasteiger partial charge on any atom is 0.153 e. The van der Waals surface area contributed by atoms with Crippen LogP contribution in [0.25, 0.3) is 20.2 Å². The number of fused-ring (bicyclic) bond motifs is 3. The Balaban J connectivity index is 2.52. The summed E-state index contributed by atoms with van der Waals surface area (Å²) in [6, 6.07) is 11.4. The third-order valence-electron chi connectivity index (χ3n) is 2.65. The molecule has 0 fully saturated rings. The largest absolute Gasteiger partial charge is 0.507 e. The number of phenols is 1. The number of hydrogen-bond donors (Lipinski definition) is 1. The Kier molecular flexibility index (Phi) is 1.94. The maximum atomic E-state index is 10.8. The number of phenolic OH excluding ortho intramolecular Hbond substituents is 1. The number of thiophene rings is 1. The molecule has 3 rings (SSSR count). The third-order valence-corrected chi connectivity index (χ3v) is 3.79. The van der Waals surface area contributed by atoms with Crippen LogP contribution in [0.2, 0.25) is 0 Å². The lowest BCUT2D eigenvalue weighted by molar-refractivity contribution is 0.112. The van der Waals surface area contributed by atoms with E-state index in [0.717, 1.165) is 15.5 Å². The van der Waals surface area contributed by atoms with Gasteiger partial charge in [0.2, 0.25) is 0 Å². The standard InChI is InChI=1S/C13H8O2S/c14-7-8-5-10-9-3-1-2-4-12(9)16-13(10)6-11(8)15/h1-7,15H. The molecule has 0 spiro atoms. The number of benzene rings is 2. The van der Waals surface area contributed by atoms with Crippen molar-refractivity contribution in [2.75, 3.05) is 0 Å². The van der Waals surface area contributed by atoms with E-state index in [1.807, 2.05) is 24.3 Å². The average molecular weight is 228 g/mol. The van der Waals surface area contributed by atoms with Crippen LogP contribution >= 0.6 is 11.3 Å². The van der Waals surface area contributed by atoms with Gasteiger partial charge in [0.1, 0.15) is 5.75 Å². The van der Waals surface area contributed by atoms with Gasteiger partial charge >= 0.3 is 0 Å². The molecule has 3 heteroatoms. The zero-order valence-corrected chi connectivity index (χ0v) is 9.12. The summed E-state index contributed by atoms with van der Waals surface area (Å²) in [5.74, 6) is 0.0501. The second kappa shape index (κ2) is 3.32. The van der Waals surface area contributed by atoms with Crippen LogP contribution in [0.1, 0.15) is 10.4 Å². The molecule has 0 bridgehead atoms. The molecule has 2 aromatic carbocycles. The lowest BCUT2D eigenvalue weighted by atomic mass is 10.1. The van der Waals surface area contributed by atoms with E-state index >= 15 is 0 Å². The van der Waals surface area contributed by atoms with Crippen molar-refractivity contribution in [2.24, 2.45) is 0 Å². The summed E-state index contributed by atoms with van der Waals surface area (Å²) in [7, 11) is 0. The number of carbonyl (C=O) groups is 1. The van der Waals surface area contributed by atoms with Crippen molar-refractivity contribution < 1.29 is 9.90 Å². The zero-order valence-electron chi connectivity index (χ0n) is 8.31. The molecule has 1 heterocycles. The second-order valence-electron chi connectivity index (χ2n) is 3.62. The number of aromatic hydroxyl groups is 1. The molecule has 0 unspecified atom stereocenters. The summed E-state index contributed by atoms with van der Waals surface area (Å²) >= 11 is 1.62. The minimum atomic E-state index is 0.0501. The van der Waals surface area contributed by atoms with Crippen molar-refractivity contribution in [3.63, 3.8) is 0 Å². The first kappa shape index (κ1) is 9.36. The van der Waals surface area contributed by atoms with Gasteiger partial charge in [0, 0.05) is 20.2 Å². The Morgan fingerprint density at radius 1 is 1.06 bits per heavy atom. The summed E-state index contributed by atoms with van der Waals surface area (Å²) in [5, 5.41) is 11.8. The fourth-order valence-electron chi connectivity index (χ4n) is 1.87. The molecule has 0 aliphatic rings. The van der Waals surface area contributed by atoms with Gasteiger partial charge in [-0.25, -0.2) is 0 Å². The summed E-state index contributed by atoms with van der Waals surface area (Å²) in [6.07, 6.45) is 0.682. The molecule has 1 N–H and O–H groups in total. The number of rotatable bonds is 1. The Labute approximate surface area is 95.8 Å². The Morgan fingerprint density at radius 2 is 1.88 bits per heavy atom. The second-order valence-corrected chi connectivity index (χ2v) is 4.71. The van der Waals surface area contributed by atoms with Crippen LogP contribution in [-0.2, 0) is 0 Å². The van der Waals surface area contributed by atoms with E-state index in [4.69, 9.17) is 0 Å². The quantitative estimate of drug-likeness (QED) is 0.646. The van der Waals surface area contributed by atoms with Gasteiger partial charge in [-0.3, -0.25) is 4.79 Å². The highest BCUT2D eigenvalue weighted by Crippen LogP contribution is 2.36. The topological polar surface area (TPSA) is 37.3 Å². The first-order valence-corrected chi connectivity index (χ1v) is 5.70. The van der Waals surface area contributed by atoms with E-state index in [1.165, 1.54) is 4.70 Å². The van der Waals surface area contributed by atoms with Gasteiger partial charge in [-0.1, -0.05) is 18.2 Å². The maximum absolute atomic E-state index is 10.8. The molecule has 78 valence electrons. The first-order chi connectivity index (χ1) is 7.79. The highest BCUT2D eigenvalue weighted by molar-refractivity contribution is 7.25. The number of carbonyl (C=O) groups excluding carboxylic acids is 1. The van der Waals surface area contributed by atoms with Gasteiger partial charge in [-0.05, 0) is 18.2 Å². The predicted molar refractivity (Wildman–Crippen MR) is 66.4 cm³/mol. The minimum absolute atomic E-state index is 0.0501. The first-order valence-electron chi connectivity index (χ1n) is 4.89. The van der Waals surface area contributed by atoms with Crippen molar-refractivity contribution in [3.8, 4) is 5.75 Å². The fraction of sp³-hybridized carbons (Fsp3) is 0. The Hall–Kier alpha value is -1.87. The molecule has 0 amide bonds. The highest BCUT2D eigenvalue weighted by Gasteiger charge is 2.08. The molecule has 1 aromatic heterocycles. The van der Waals surface area contributed by atoms with Gasteiger partial charge < -0.3 is 5.11 Å².